The normalized spacial score (nSPS) is 15.4. The molecule has 0 N–H and O–H groups in total. The van der Waals surface area contributed by atoms with Gasteiger partial charge in [0.1, 0.15) is 11.8 Å². The molecular weight excluding hydrogens is 468 g/mol. The number of ether oxygens (including phenoxy) is 1. The van der Waals surface area contributed by atoms with Crippen molar-refractivity contribution in [2.24, 2.45) is 5.10 Å². The molecule has 178 valence electrons. The van der Waals surface area contributed by atoms with E-state index in [9.17, 15) is 14.4 Å². The molecule has 0 saturated heterocycles. The number of furan rings is 1. The van der Waals surface area contributed by atoms with E-state index in [2.05, 4.69) is 10.2 Å². The van der Waals surface area contributed by atoms with Gasteiger partial charge in [-0.3, -0.25) is 9.59 Å². The van der Waals surface area contributed by atoms with Crippen LogP contribution in [0.5, 0.6) is 0 Å². The molecule has 0 spiro atoms. The van der Waals surface area contributed by atoms with Crippen LogP contribution in [0, 0.1) is 0 Å². The number of fused-ring (bicyclic) bond motifs is 1. The number of esters is 1. The number of carbonyl (C=O) groups excluding carboxylic acids is 2. The smallest absolute Gasteiger partial charge is 0.359 e. The van der Waals surface area contributed by atoms with Gasteiger partial charge >= 0.3 is 5.97 Å². The maximum absolute atomic E-state index is 13.1. The molecule has 1 unspecified atom stereocenters. The van der Waals surface area contributed by atoms with Gasteiger partial charge < -0.3 is 9.15 Å². The van der Waals surface area contributed by atoms with Crippen molar-refractivity contribution in [3.05, 3.63) is 86.9 Å². The van der Waals surface area contributed by atoms with Gasteiger partial charge in [0.2, 0.25) is 0 Å². The van der Waals surface area contributed by atoms with Gasteiger partial charge in [0.25, 0.3) is 11.5 Å². The lowest BCUT2D eigenvalue weighted by Crippen LogP contribution is -2.32. The fraction of sp³-hybridized carbons (Fsp3) is 0.240. The van der Waals surface area contributed by atoms with E-state index < -0.39 is 24.5 Å². The molecular formula is C25H22N4O5S. The minimum atomic E-state index is -0.782. The molecule has 0 radical (unpaired) electrons. The first kappa shape index (κ1) is 22.7. The van der Waals surface area contributed by atoms with Crippen molar-refractivity contribution in [1.29, 1.82) is 0 Å². The summed E-state index contributed by atoms with van der Waals surface area (Å²) in [6.07, 6.45) is 2.71. The SMILES string of the molecule is CCCn1nc(C(=O)OCC(=O)N2N=C(c3cccs3)CC2c2ccco2)c2ccccc2c1=O. The van der Waals surface area contributed by atoms with Crippen molar-refractivity contribution < 1.29 is 18.7 Å². The maximum atomic E-state index is 13.1. The highest BCUT2D eigenvalue weighted by atomic mass is 32.1. The van der Waals surface area contributed by atoms with E-state index in [1.807, 2.05) is 24.4 Å². The molecule has 0 bridgehead atoms. The highest BCUT2D eigenvalue weighted by Crippen LogP contribution is 2.34. The molecule has 4 aromatic rings. The van der Waals surface area contributed by atoms with Crippen LogP contribution in [0.4, 0.5) is 0 Å². The number of aryl methyl sites for hydroxylation is 1. The Balaban J connectivity index is 1.39. The average molecular weight is 491 g/mol. The minimum Gasteiger partial charge on any atom is -0.467 e. The van der Waals surface area contributed by atoms with Crippen LogP contribution in [-0.4, -0.2) is 39.0 Å². The molecule has 0 saturated carbocycles. The zero-order valence-electron chi connectivity index (χ0n) is 18.9. The van der Waals surface area contributed by atoms with Crippen LogP contribution in [0.3, 0.4) is 0 Å². The summed E-state index contributed by atoms with van der Waals surface area (Å²) in [5.41, 5.74) is 0.484. The molecule has 5 rings (SSSR count). The molecule has 3 aromatic heterocycles. The molecule has 1 amide bonds. The van der Waals surface area contributed by atoms with E-state index in [1.165, 1.54) is 21.0 Å². The van der Waals surface area contributed by atoms with Gasteiger partial charge in [-0.1, -0.05) is 31.2 Å². The van der Waals surface area contributed by atoms with Crippen LogP contribution >= 0.6 is 11.3 Å². The van der Waals surface area contributed by atoms with Crippen molar-refractivity contribution in [3.8, 4) is 0 Å². The largest absolute Gasteiger partial charge is 0.467 e. The Hall–Kier alpha value is -4.05. The zero-order chi connectivity index (χ0) is 24.4. The third-order valence-electron chi connectivity index (χ3n) is 5.67. The van der Waals surface area contributed by atoms with Gasteiger partial charge in [-0.15, -0.1) is 11.3 Å². The predicted octanol–water partition coefficient (Wildman–Crippen LogP) is 4.00. The van der Waals surface area contributed by atoms with E-state index in [-0.39, 0.29) is 11.3 Å². The lowest BCUT2D eigenvalue weighted by atomic mass is 10.1. The van der Waals surface area contributed by atoms with Crippen LogP contribution in [-0.2, 0) is 16.1 Å². The van der Waals surface area contributed by atoms with Crippen LogP contribution < -0.4 is 5.56 Å². The van der Waals surface area contributed by atoms with Gasteiger partial charge in [-0.25, -0.2) is 14.5 Å². The highest BCUT2D eigenvalue weighted by Gasteiger charge is 2.35. The molecule has 1 aliphatic rings. The standard InChI is InChI=1S/C25H22N4O5S/c1-2-11-28-24(31)17-8-4-3-7-16(17)23(27-28)25(32)34-15-22(30)29-19(20-9-5-12-33-20)14-18(26-29)21-10-6-13-35-21/h3-10,12-13,19H,2,11,14-15H2,1H3. The van der Waals surface area contributed by atoms with Crippen LogP contribution in [0.25, 0.3) is 10.8 Å². The first-order valence-corrected chi connectivity index (χ1v) is 12.1. The third-order valence-corrected chi connectivity index (χ3v) is 6.59. The van der Waals surface area contributed by atoms with Crippen molar-refractivity contribution in [2.45, 2.75) is 32.4 Å². The Morgan fingerprint density at radius 2 is 1.97 bits per heavy atom. The number of thiophene rings is 1. The van der Waals surface area contributed by atoms with Crippen molar-refractivity contribution in [3.63, 3.8) is 0 Å². The topological polar surface area (TPSA) is 107 Å². The summed E-state index contributed by atoms with van der Waals surface area (Å²) in [7, 11) is 0. The Morgan fingerprint density at radius 1 is 1.14 bits per heavy atom. The zero-order valence-corrected chi connectivity index (χ0v) is 19.7. The number of nitrogens with zero attached hydrogens (tertiary/aromatic N) is 4. The second-order valence-corrected chi connectivity index (χ2v) is 8.94. The Kier molecular flexibility index (Phi) is 6.28. The third kappa shape index (κ3) is 4.40. The highest BCUT2D eigenvalue weighted by molar-refractivity contribution is 7.12. The molecule has 35 heavy (non-hydrogen) atoms. The summed E-state index contributed by atoms with van der Waals surface area (Å²) >= 11 is 1.54. The Labute approximate surface area is 204 Å². The predicted molar refractivity (Wildman–Crippen MR) is 130 cm³/mol. The summed E-state index contributed by atoms with van der Waals surface area (Å²) in [5, 5.41) is 12.8. The fourth-order valence-corrected chi connectivity index (χ4v) is 4.77. The lowest BCUT2D eigenvalue weighted by molar-refractivity contribution is -0.136. The van der Waals surface area contributed by atoms with Crippen molar-refractivity contribution >= 4 is 39.7 Å². The molecule has 4 heterocycles. The lowest BCUT2D eigenvalue weighted by Gasteiger charge is -2.19. The molecule has 1 aromatic carbocycles. The molecule has 1 aliphatic heterocycles. The second kappa shape index (κ2) is 9.67. The minimum absolute atomic E-state index is 0.00627. The number of hydrazone groups is 1. The fourth-order valence-electron chi connectivity index (χ4n) is 4.05. The number of hydrogen-bond acceptors (Lipinski definition) is 8. The van der Waals surface area contributed by atoms with Gasteiger partial charge in [0.05, 0.1) is 22.2 Å². The van der Waals surface area contributed by atoms with E-state index in [0.717, 1.165) is 10.6 Å². The second-order valence-electron chi connectivity index (χ2n) is 8.00. The van der Waals surface area contributed by atoms with Crippen molar-refractivity contribution in [2.75, 3.05) is 6.61 Å². The summed E-state index contributed by atoms with van der Waals surface area (Å²) in [5.74, 6) is -0.674. The van der Waals surface area contributed by atoms with Crippen LogP contribution in [0.15, 0.2) is 74.5 Å². The molecule has 1 atom stereocenters. The number of amides is 1. The summed E-state index contributed by atoms with van der Waals surface area (Å²) in [4.78, 5) is 39.7. The first-order valence-electron chi connectivity index (χ1n) is 11.2. The van der Waals surface area contributed by atoms with E-state index in [4.69, 9.17) is 9.15 Å². The number of hydrogen-bond donors (Lipinski definition) is 0. The number of rotatable bonds is 7. The Bertz CT molecular complexity index is 1460. The quantitative estimate of drug-likeness (QED) is 0.363. The number of benzene rings is 1. The van der Waals surface area contributed by atoms with E-state index in [1.54, 1.807) is 42.7 Å². The van der Waals surface area contributed by atoms with Gasteiger partial charge in [0.15, 0.2) is 12.3 Å². The maximum Gasteiger partial charge on any atom is 0.359 e. The summed E-state index contributed by atoms with van der Waals surface area (Å²) in [6, 6.07) is 13.7. The van der Waals surface area contributed by atoms with Crippen LogP contribution in [0.1, 0.15) is 46.9 Å². The average Bonchev–Trinajstić information content (AvgIpc) is 3.65. The molecule has 9 nitrogen and oxygen atoms in total. The molecule has 10 heteroatoms. The van der Waals surface area contributed by atoms with Crippen LogP contribution in [0.2, 0.25) is 0 Å². The van der Waals surface area contributed by atoms with Gasteiger partial charge in [-0.05, 0) is 36.1 Å². The Morgan fingerprint density at radius 3 is 2.69 bits per heavy atom. The first-order chi connectivity index (χ1) is 17.1. The monoisotopic (exact) mass is 490 g/mol. The van der Waals surface area contributed by atoms with E-state index >= 15 is 0 Å². The van der Waals surface area contributed by atoms with E-state index in [0.29, 0.717) is 35.9 Å². The molecule has 0 aliphatic carbocycles. The summed E-state index contributed by atoms with van der Waals surface area (Å²) in [6.45, 7) is 1.75. The molecule has 0 fully saturated rings. The van der Waals surface area contributed by atoms with Gasteiger partial charge in [0, 0.05) is 18.4 Å². The van der Waals surface area contributed by atoms with Crippen molar-refractivity contribution in [1.82, 2.24) is 14.8 Å². The number of aromatic nitrogens is 2. The summed E-state index contributed by atoms with van der Waals surface area (Å²) < 4.78 is 12.2. The number of carbonyl (C=O) groups is 2. The van der Waals surface area contributed by atoms with Gasteiger partial charge in [-0.2, -0.15) is 10.2 Å².